The smallest absolute Gasteiger partial charge is 0.341 e. The number of carbonyl (C=O) groups excluding carboxylic acids is 3. The number of hydrogen-bond donors (Lipinski definition) is 1. The first-order valence-corrected chi connectivity index (χ1v) is 7.13. The van der Waals surface area contributed by atoms with Crippen molar-refractivity contribution in [2.75, 3.05) is 14.2 Å². The van der Waals surface area contributed by atoms with E-state index in [1.807, 2.05) is 0 Å². The Labute approximate surface area is 137 Å². The van der Waals surface area contributed by atoms with E-state index in [4.69, 9.17) is 9.47 Å². The molecule has 6 heteroatoms. The predicted octanol–water partition coefficient (Wildman–Crippen LogP) is 2.58. The number of ketones is 2. The molecule has 0 aliphatic heterocycles. The number of aryl methyl sites for hydroxylation is 1. The Morgan fingerprint density at radius 1 is 1.08 bits per heavy atom. The highest BCUT2D eigenvalue weighted by Gasteiger charge is 2.28. The molecular weight excluding hydrogens is 312 g/mol. The van der Waals surface area contributed by atoms with Crippen molar-refractivity contribution in [1.82, 2.24) is 0 Å². The number of phenols is 1. The molecule has 0 spiro atoms. The van der Waals surface area contributed by atoms with Gasteiger partial charge in [-0.05, 0) is 42.2 Å². The van der Waals surface area contributed by atoms with Crippen LogP contribution in [0.25, 0.3) is 10.8 Å². The van der Waals surface area contributed by atoms with Crippen molar-refractivity contribution in [3.05, 3.63) is 46.5 Å². The number of aromatic hydroxyl groups is 1. The average molecular weight is 326 g/mol. The molecule has 122 valence electrons. The Bertz CT molecular complexity index is 952. The Morgan fingerprint density at radius 2 is 1.75 bits per heavy atom. The summed E-state index contributed by atoms with van der Waals surface area (Å²) in [5, 5.41) is 11.4. The lowest BCUT2D eigenvalue weighted by atomic mass is 9.88. The third-order valence-corrected chi connectivity index (χ3v) is 4.12. The zero-order valence-electron chi connectivity index (χ0n) is 13.3. The van der Waals surface area contributed by atoms with Crippen LogP contribution < -0.4 is 4.74 Å². The molecule has 24 heavy (non-hydrogen) atoms. The molecule has 0 unspecified atom stereocenters. The lowest BCUT2D eigenvalue weighted by Crippen LogP contribution is -2.13. The van der Waals surface area contributed by atoms with Gasteiger partial charge in [0.1, 0.15) is 17.1 Å². The molecule has 6 nitrogen and oxygen atoms in total. The van der Waals surface area contributed by atoms with Gasteiger partial charge < -0.3 is 14.6 Å². The molecule has 3 rings (SSSR count). The number of benzene rings is 2. The second-order valence-corrected chi connectivity index (χ2v) is 5.38. The fraction of sp³-hybridized carbons (Fsp3) is 0.167. The lowest BCUT2D eigenvalue weighted by molar-refractivity contribution is 0.0596. The van der Waals surface area contributed by atoms with Crippen LogP contribution in [0.3, 0.4) is 0 Å². The fourth-order valence-electron chi connectivity index (χ4n) is 3.01. The Morgan fingerprint density at radius 3 is 2.38 bits per heavy atom. The van der Waals surface area contributed by atoms with Gasteiger partial charge in [0.25, 0.3) is 0 Å². The highest BCUT2D eigenvalue weighted by atomic mass is 16.5. The molecule has 0 amide bonds. The van der Waals surface area contributed by atoms with E-state index in [9.17, 15) is 19.5 Å². The number of ether oxygens (including phenoxy) is 2. The predicted molar refractivity (Wildman–Crippen MR) is 86.0 cm³/mol. The summed E-state index contributed by atoms with van der Waals surface area (Å²) in [6.45, 7) is 1.62. The van der Waals surface area contributed by atoms with E-state index in [1.165, 1.54) is 32.4 Å². The van der Waals surface area contributed by atoms with Crippen molar-refractivity contribution in [2.24, 2.45) is 0 Å². The van der Waals surface area contributed by atoms with Gasteiger partial charge in [-0.25, -0.2) is 4.79 Å². The third-order valence-electron chi connectivity index (χ3n) is 4.12. The first-order chi connectivity index (χ1) is 11.4. The van der Waals surface area contributed by atoms with E-state index in [1.54, 1.807) is 6.92 Å². The SMILES string of the molecule is COC(=O)c1c(OC)cc2cc3c(c(O)c2c1C)C(=O)C=CC3=O. The van der Waals surface area contributed by atoms with Crippen LogP contribution in [-0.4, -0.2) is 36.9 Å². The van der Waals surface area contributed by atoms with Crippen molar-refractivity contribution in [3.8, 4) is 11.5 Å². The number of carbonyl (C=O) groups is 3. The second-order valence-electron chi connectivity index (χ2n) is 5.38. The fourth-order valence-corrected chi connectivity index (χ4v) is 3.01. The quantitative estimate of drug-likeness (QED) is 0.853. The van der Waals surface area contributed by atoms with Crippen LogP contribution in [0.15, 0.2) is 24.3 Å². The summed E-state index contributed by atoms with van der Waals surface area (Å²) in [6.07, 6.45) is 2.29. The van der Waals surface area contributed by atoms with Crippen LogP contribution in [0, 0.1) is 6.92 Å². The lowest BCUT2D eigenvalue weighted by Gasteiger charge is -2.18. The van der Waals surface area contributed by atoms with Gasteiger partial charge in [-0.1, -0.05) is 0 Å². The number of esters is 1. The Kier molecular flexibility index (Phi) is 3.60. The molecule has 0 bridgehead atoms. The van der Waals surface area contributed by atoms with Crippen molar-refractivity contribution in [1.29, 1.82) is 0 Å². The van der Waals surface area contributed by atoms with Gasteiger partial charge in [0.15, 0.2) is 11.6 Å². The molecule has 0 atom stereocenters. The van der Waals surface area contributed by atoms with Crippen LogP contribution in [-0.2, 0) is 4.74 Å². The first kappa shape index (κ1) is 15.7. The highest BCUT2D eigenvalue weighted by molar-refractivity contribution is 6.26. The van der Waals surface area contributed by atoms with Crippen molar-refractivity contribution < 1.29 is 29.0 Å². The topological polar surface area (TPSA) is 89.9 Å². The van der Waals surface area contributed by atoms with Crippen LogP contribution in [0.4, 0.5) is 0 Å². The van der Waals surface area contributed by atoms with Gasteiger partial charge in [-0.15, -0.1) is 0 Å². The molecule has 2 aromatic rings. The Balaban J connectivity index is 2.47. The van der Waals surface area contributed by atoms with Gasteiger partial charge in [-0.2, -0.15) is 0 Å². The van der Waals surface area contributed by atoms with E-state index in [-0.39, 0.29) is 34.0 Å². The minimum atomic E-state index is -0.620. The molecule has 0 radical (unpaired) electrons. The summed E-state index contributed by atoms with van der Waals surface area (Å²) in [4.78, 5) is 36.2. The number of rotatable bonds is 2. The van der Waals surface area contributed by atoms with Crippen LogP contribution >= 0.6 is 0 Å². The highest BCUT2D eigenvalue weighted by Crippen LogP contribution is 2.40. The molecular formula is C18H14O6. The molecule has 1 N–H and O–H groups in total. The van der Waals surface area contributed by atoms with E-state index in [2.05, 4.69) is 0 Å². The third kappa shape index (κ3) is 2.07. The van der Waals surface area contributed by atoms with Crippen LogP contribution in [0.2, 0.25) is 0 Å². The maximum absolute atomic E-state index is 12.1. The summed E-state index contributed by atoms with van der Waals surface area (Å²) >= 11 is 0. The Hall–Kier alpha value is -3.15. The number of fused-ring (bicyclic) bond motifs is 2. The summed E-state index contributed by atoms with van der Waals surface area (Å²) < 4.78 is 10.0. The summed E-state index contributed by atoms with van der Waals surface area (Å²) in [6, 6.07) is 3.05. The van der Waals surface area contributed by atoms with Gasteiger partial charge in [0.2, 0.25) is 0 Å². The van der Waals surface area contributed by atoms with Crippen LogP contribution in [0.5, 0.6) is 11.5 Å². The van der Waals surface area contributed by atoms with Crippen molar-refractivity contribution in [2.45, 2.75) is 6.92 Å². The maximum atomic E-state index is 12.1. The van der Waals surface area contributed by atoms with Gasteiger partial charge in [0.05, 0.1) is 19.8 Å². The maximum Gasteiger partial charge on any atom is 0.341 e. The van der Waals surface area contributed by atoms with E-state index in [0.717, 1.165) is 6.08 Å². The monoisotopic (exact) mass is 326 g/mol. The number of hydrogen-bond acceptors (Lipinski definition) is 6. The van der Waals surface area contributed by atoms with E-state index >= 15 is 0 Å². The number of phenolic OH excluding ortho intramolecular Hbond substituents is 1. The molecule has 0 heterocycles. The zero-order chi connectivity index (χ0) is 17.6. The van der Waals surface area contributed by atoms with Crippen LogP contribution in [0.1, 0.15) is 36.6 Å². The van der Waals surface area contributed by atoms with Crippen molar-refractivity contribution >= 4 is 28.3 Å². The largest absolute Gasteiger partial charge is 0.506 e. The second kappa shape index (κ2) is 5.49. The van der Waals surface area contributed by atoms with Gasteiger partial charge in [-0.3, -0.25) is 9.59 Å². The first-order valence-electron chi connectivity index (χ1n) is 7.13. The molecule has 1 aliphatic carbocycles. The molecule has 0 aromatic heterocycles. The normalized spacial score (nSPS) is 13.1. The number of methoxy groups -OCH3 is 2. The molecule has 0 saturated carbocycles. The van der Waals surface area contributed by atoms with Gasteiger partial charge in [0, 0.05) is 10.9 Å². The van der Waals surface area contributed by atoms with Gasteiger partial charge >= 0.3 is 5.97 Å². The molecule has 2 aromatic carbocycles. The van der Waals surface area contributed by atoms with E-state index < -0.39 is 11.8 Å². The zero-order valence-corrected chi connectivity index (χ0v) is 13.3. The number of allylic oxidation sites excluding steroid dienone is 2. The minimum absolute atomic E-state index is 0.0564. The standard InChI is InChI=1S/C18H14O6/c1-8-14-9(7-13(23-2)15(8)18(22)24-3)6-10-11(19)4-5-12(20)16(10)17(14)21/h4-7,21H,1-3H3. The van der Waals surface area contributed by atoms with E-state index in [0.29, 0.717) is 16.3 Å². The molecule has 0 fully saturated rings. The molecule has 0 saturated heterocycles. The summed E-state index contributed by atoms with van der Waals surface area (Å²) in [5.41, 5.74) is 0.637. The average Bonchev–Trinajstić information content (AvgIpc) is 2.56. The summed E-state index contributed by atoms with van der Waals surface area (Å²) in [7, 11) is 2.65. The van der Waals surface area contributed by atoms with Crippen molar-refractivity contribution in [3.63, 3.8) is 0 Å². The molecule has 1 aliphatic rings. The summed E-state index contributed by atoms with van der Waals surface area (Å²) in [5.74, 6) is -1.51. The minimum Gasteiger partial charge on any atom is -0.506 e.